The van der Waals surface area contributed by atoms with Gasteiger partial charge in [0.25, 0.3) is 0 Å². The van der Waals surface area contributed by atoms with E-state index in [-0.39, 0.29) is 12.4 Å². The van der Waals surface area contributed by atoms with Gasteiger partial charge in [-0.15, -0.1) is 0 Å². The van der Waals surface area contributed by atoms with Gasteiger partial charge in [0.05, 0.1) is 11.6 Å². The molecule has 0 saturated carbocycles. The lowest BCUT2D eigenvalue weighted by molar-refractivity contribution is 0.0921. The Labute approximate surface area is 116 Å². The summed E-state index contributed by atoms with van der Waals surface area (Å²) in [5.74, 6) is 0.280. The molecule has 0 aliphatic carbocycles. The number of nitriles is 1. The van der Waals surface area contributed by atoms with Gasteiger partial charge in [0, 0.05) is 11.1 Å². The molecule has 0 atom stereocenters. The second-order valence-electron chi connectivity index (χ2n) is 4.09. The van der Waals surface area contributed by atoms with Crippen LogP contribution in [0.1, 0.15) is 26.3 Å². The van der Waals surface area contributed by atoms with E-state index < -0.39 is 0 Å². The third-order valence-corrected chi connectivity index (χ3v) is 2.70. The van der Waals surface area contributed by atoms with Crippen LogP contribution in [0.5, 0.6) is 5.75 Å². The van der Waals surface area contributed by atoms with E-state index in [0.29, 0.717) is 22.4 Å². The number of Topliss-reactive ketones (excluding diaryl/α,β-unsaturated/α-hetero) is 1. The number of benzene rings is 2. The van der Waals surface area contributed by atoms with Gasteiger partial charge in [-0.2, -0.15) is 5.26 Å². The van der Waals surface area contributed by atoms with E-state index in [1.165, 1.54) is 0 Å². The second-order valence-corrected chi connectivity index (χ2v) is 4.09. The Bertz CT molecular complexity index is 669. The quantitative estimate of drug-likeness (QED) is 0.615. The number of carbonyl (C=O) groups is 2. The van der Waals surface area contributed by atoms with Gasteiger partial charge in [0.1, 0.15) is 12.0 Å². The number of hydrogen-bond donors (Lipinski definition) is 0. The van der Waals surface area contributed by atoms with Gasteiger partial charge in [-0.1, -0.05) is 12.1 Å². The van der Waals surface area contributed by atoms with Gasteiger partial charge in [0.15, 0.2) is 12.4 Å². The molecule has 0 amide bonds. The van der Waals surface area contributed by atoms with Crippen LogP contribution in [0.2, 0.25) is 0 Å². The summed E-state index contributed by atoms with van der Waals surface area (Å²) in [6.07, 6.45) is 0.718. The number of rotatable bonds is 5. The standard InChI is InChI=1S/C16H11NO3/c17-9-12-4-6-14(7-5-12)16(19)11-20-15-3-1-2-13(8-15)10-18/h1-8,10H,11H2. The summed E-state index contributed by atoms with van der Waals surface area (Å²) in [5, 5.41) is 8.68. The number of nitrogens with zero attached hydrogens (tertiary/aromatic N) is 1. The van der Waals surface area contributed by atoms with Gasteiger partial charge < -0.3 is 4.74 Å². The third kappa shape index (κ3) is 3.30. The smallest absolute Gasteiger partial charge is 0.200 e. The Kier molecular flexibility index (Phi) is 4.25. The number of aldehydes is 1. The first-order chi connectivity index (χ1) is 9.72. The van der Waals surface area contributed by atoms with Crippen molar-refractivity contribution in [2.24, 2.45) is 0 Å². The zero-order valence-electron chi connectivity index (χ0n) is 10.6. The molecule has 4 nitrogen and oxygen atoms in total. The summed E-state index contributed by atoms with van der Waals surface area (Å²) in [6, 6.07) is 14.9. The second kappa shape index (κ2) is 6.30. The summed E-state index contributed by atoms with van der Waals surface area (Å²) in [4.78, 5) is 22.5. The molecule has 0 N–H and O–H groups in total. The molecule has 2 aromatic carbocycles. The lowest BCUT2D eigenvalue weighted by atomic mass is 10.1. The average molecular weight is 265 g/mol. The summed E-state index contributed by atoms with van der Waals surface area (Å²) in [5.41, 5.74) is 1.48. The van der Waals surface area contributed by atoms with E-state index in [2.05, 4.69) is 0 Å². The van der Waals surface area contributed by atoms with Crippen LogP contribution in [0.3, 0.4) is 0 Å². The summed E-state index contributed by atoms with van der Waals surface area (Å²) in [6.45, 7) is -0.117. The highest BCUT2D eigenvalue weighted by atomic mass is 16.5. The third-order valence-electron chi connectivity index (χ3n) is 2.70. The zero-order chi connectivity index (χ0) is 14.4. The van der Waals surface area contributed by atoms with Crippen molar-refractivity contribution in [3.63, 3.8) is 0 Å². The highest BCUT2D eigenvalue weighted by Gasteiger charge is 2.07. The fraction of sp³-hybridized carbons (Fsp3) is 0.0625. The SMILES string of the molecule is N#Cc1ccc(C(=O)COc2cccc(C=O)c2)cc1. The van der Waals surface area contributed by atoms with Crippen molar-refractivity contribution in [3.8, 4) is 11.8 Å². The van der Waals surface area contributed by atoms with Gasteiger partial charge >= 0.3 is 0 Å². The van der Waals surface area contributed by atoms with Crippen LogP contribution < -0.4 is 4.74 Å². The molecule has 0 aliphatic rings. The summed E-state index contributed by atoms with van der Waals surface area (Å²) >= 11 is 0. The van der Waals surface area contributed by atoms with Crippen molar-refractivity contribution in [2.45, 2.75) is 0 Å². The zero-order valence-corrected chi connectivity index (χ0v) is 10.6. The fourth-order valence-electron chi connectivity index (χ4n) is 1.64. The molecular weight excluding hydrogens is 254 g/mol. The lowest BCUT2D eigenvalue weighted by Gasteiger charge is -2.06. The number of hydrogen-bond acceptors (Lipinski definition) is 4. The molecule has 2 aromatic rings. The number of carbonyl (C=O) groups excluding carboxylic acids is 2. The topological polar surface area (TPSA) is 67.2 Å². The normalized spacial score (nSPS) is 9.55. The van der Waals surface area contributed by atoms with Crippen LogP contribution in [0.15, 0.2) is 48.5 Å². The van der Waals surface area contributed by atoms with Crippen LogP contribution in [-0.2, 0) is 0 Å². The first kappa shape index (κ1) is 13.5. The molecule has 0 aliphatic heterocycles. The van der Waals surface area contributed by atoms with Crippen LogP contribution in [0, 0.1) is 11.3 Å². The maximum absolute atomic E-state index is 11.9. The minimum absolute atomic E-state index is 0.117. The molecule has 20 heavy (non-hydrogen) atoms. The maximum atomic E-state index is 11.9. The Balaban J connectivity index is 2.00. The Morgan fingerprint density at radius 1 is 1.20 bits per heavy atom. The van der Waals surface area contributed by atoms with Crippen LogP contribution in [0.25, 0.3) is 0 Å². The summed E-state index contributed by atoms with van der Waals surface area (Å²) < 4.78 is 5.35. The van der Waals surface area contributed by atoms with Gasteiger partial charge in [-0.25, -0.2) is 0 Å². The van der Waals surface area contributed by atoms with E-state index in [0.717, 1.165) is 6.29 Å². The lowest BCUT2D eigenvalue weighted by Crippen LogP contribution is -2.11. The number of ketones is 1. The van der Waals surface area contributed by atoms with Crippen LogP contribution >= 0.6 is 0 Å². The van der Waals surface area contributed by atoms with Crippen molar-refractivity contribution < 1.29 is 14.3 Å². The van der Waals surface area contributed by atoms with E-state index >= 15 is 0 Å². The molecule has 0 radical (unpaired) electrons. The fourth-order valence-corrected chi connectivity index (χ4v) is 1.64. The van der Waals surface area contributed by atoms with Crippen molar-refractivity contribution in [1.29, 1.82) is 5.26 Å². The minimum Gasteiger partial charge on any atom is -0.485 e. The van der Waals surface area contributed by atoms with Gasteiger partial charge in [-0.05, 0) is 36.4 Å². The molecule has 0 spiro atoms. The Morgan fingerprint density at radius 2 is 1.95 bits per heavy atom. The molecule has 0 fully saturated rings. The Hall–Kier alpha value is -2.93. The first-order valence-electron chi connectivity index (χ1n) is 5.94. The van der Waals surface area contributed by atoms with E-state index in [1.54, 1.807) is 48.5 Å². The van der Waals surface area contributed by atoms with Crippen LogP contribution in [0.4, 0.5) is 0 Å². The Morgan fingerprint density at radius 3 is 2.60 bits per heavy atom. The van der Waals surface area contributed by atoms with E-state index in [9.17, 15) is 9.59 Å². The molecule has 0 saturated heterocycles. The average Bonchev–Trinajstić information content (AvgIpc) is 2.53. The maximum Gasteiger partial charge on any atom is 0.200 e. The molecule has 0 heterocycles. The predicted octanol–water partition coefficient (Wildman–Crippen LogP) is 2.63. The van der Waals surface area contributed by atoms with Gasteiger partial charge in [-0.3, -0.25) is 9.59 Å². The monoisotopic (exact) mass is 265 g/mol. The van der Waals surface area contributed by atoms with Crippen molar-refractivity contribution in [2.75, 3.05) is 6.61 Å². The van der Waals surface area contributed by atoms with E-state index in [1.807, 2.05) is 6.07 Å². The molecule has 4 heteroatoms. The molecule has 0 aromatic heterocycles. The molecular formula is C16H11NO3. The molecule has 0 bridgehead atoms. The number of ether oxygens (including phenoxy) is 1. The first-order valence-corrected chi connectivity index (χ1v) is 5.94. The van der Waals surface area contributed by atoms with Crippen molar-refractivity contribution >= 4 is 12.1 Å². The highest BCUT2D eigenvalue weighted by molar-refractivity contribution is 5.97. The van der Waals surface area contributed by atoms with Crippen molar-refractivity contribution in [3.05, 3.63) is 65.2 Å². The molecule has 98 valence electrons. The predicted molar refractivity (Wildman–Crippen MR) is 72.8 cm³/mol. The van der Waals surface area contributed by atoms with E-state index in [4.69, 9.17) is 10.00 Å². The highest BCUT2D eigenvalue weighted by Crippen LogP contribution is 2.13. The minimum atomic E-state index is -0.189. The molecule has 2 rings (SSSR count). The molecule has 0 unspecified atom stereocenters. The summed E-state index contributed by atoms with van der Waals surface area (Å²) in [7, 11) is 0. The van der Waals surface area contributed by atoms with Crippen molar-refractivity contribution in [1.82, 2.24) is 0 Å². The largest absolute Gasteiger partial charge is 0.485 e. The van der Waals surface area contributed by atoms with Crippen LogP contribution in [-0.4, -0.2) is 18.7 Å². The van der Waals surface area contributed by atoms with Gasteiger partial charge in [0.2, 0.25) is 0 Å².